The molecule has 0 N–H and O–H groups in total. The normalized spacial score (nSPS) is 18.8. The van der Waals surface area contributed by atoms with Crippen molar-refractivity contribution < 1.29 is 22.7 Å². The molecule has 4 heterocycles. The predicted octanol–water partition coefficient (Wildman–Crippen LogP) is 4.33. The van der Waals surface area contributed by atoms with Gasteiger partial charge in [0.1, 0.15) is 11.8 Å². The largest absolute Gasteiger partial charge is 0.472 e. The number of hydrogen-bond acceptors (Lipinski definition) is 6. The molecule has 1 saturated heterocycles. The van der Waals surface area contributed by atoms with Crippen molar-refractivity contribution in [3.63, 3.8) is 0 Å². The van der Waals surface area contributed by atoms with Crippen molar-refractivity contribution in [2.24, 2.45) is 0 Å². The summed E-state index contributed by atoms with van der Waals surface area (Å²) in [5, 5.41) is 0. The van der Waals surface area contributed by atoms with Crippen LogP contribution in [0.2, 0.25) is 0 Å². The number of aryl methyl sites for hydroxylation is 1. The minimum Gasteiger partial charge on any atom is -0.472 e. The molecule has 172 valence electrons. The van der Waals surface area contributed by atoms with Crippen molar-refractivity contribution in [1.82, 2.24) is 24.8 Å². The first-order valence-electron chi connectivity index (χ1n) is 10.5. The molecular formula is C23H22F3N5O2. The number of halogens is 3. The highest BCUT2D eigenvalue weighted by Gasteiger charge is 2.35. The standard InChI is InChI=1S/C23H22F3N5O2/c1-14-11-17(21-27-8-4-9-28-21)20(30-12-14)22(32)31-10-3-5-18(15(31)2)33-19-7-6-16(13-29-19)23(24,25)26/h4,6-9,11-13,15,18H,3,5,10H2,1-2H3. The van der Waals surface area contributed by atoms with Gasteiger partial charge in [0.25, 0.3) is 5.91 Å². The number of carbonyl (C=O) groups excluding carboxylic acids is 1. The molecule has 1 aliphatic rings. The predicted molar refractivity (Wildman–Crippen MR) is 113 cm³/mol. The summed E-state index contributed by atoms with van der Waals surface area (Å²) in [4.78, 5) is 31.8. The lowest BCUT2D eigenvalue weighted by molar-refractivity contribution is -0.137. The minimum absolute atomic E-state index is 0.0842. The number of amides is 1. The molecule has 1 amide bonds. The fourth-order valence-electron chi connectivity index (χ4n) is 3.81. The van der Waals surface area contributed by atoms with E-state index in [1.807, 2.05) is 19.9 Å². The first-order valence-corrected chi connectivity index (χ1v) is 10.5. The van der Waals surface area contributed by atoms with Crippen molar-refractivity contribution in [1.29, 1.82) is 0 Å². The molecule has 3 aromatic heterocycles. The van der Waals surface area contributed by atoms with Crippen LogP contribution in [0, 0.1) is 6.92 Å². The van der Waals surface area contributed by atoms with Gasteiger partial charge in [0.2, 0.25) is 5.88 Å². The molecule has 10 heteroatoms. The van der Waals surface area contributed by atoms with Crippen LogP contribution in [-0.4, -0.2) is 49.4 Å². The molecule has 4 rings (SSSR count). The molecule has 0 bridgehead atoms. The second kappa shape index (κ2) is 9.13. The molecule has 7 nitrogen and oxygen atoms in total. The third kappa shape index (κ3) is 4.94. The van der Waals surface area contributed by atoms with Gasteiger partial charge >= 0.3 is 6.18 Å². The zero-order valence-electron chi connectivity index (χ0n) is 18.1. The average Bonchev–Trinajstić information content (AvgIpc) is 2.80. The van der Waals surface area contributed by atoms with E-state index in [1.54, 1.807) is 29.6 Å². The van der Waals surface area contributed by atoms with E-state index in [0.717, 1.165) is 17.8 Å². The number of piperidine rings is 1. The van der Waals surface area contributed by atoms with Crippen LogP contribution in [0.4, 0.5) is 13.2 Å². The van der Waals surface area contributed by atoms with Crippen LogP contribution >= 0.6 is 0 Å². The van der Waals surface area contributed by atoms with Crippen molar-refractivity contribution in [3.8, 4) is 17.3 Å². The van der Waals surface area contributed by atoms with E-state index in [1.165, 1.54) is 6.07 Å². The number of pyridine rings is 2. The Morgan fingerprint density at radius 1 is 1.12 bits per heavy atom. The van der Waals surface area contributed by atoms with Gasteiger partial charge in [-0.3, -0.25) is 9.78 Å². The van der Waals surface area contributed by atoms with Gasteiger partial charge < -0.3 is 9.64 Å². The van der Waals surface area contributed by atoms with E-state index >= 15 is 0 Å². The highest BCUT2D eigenvalue weighted by Crippen LogP contribution is 2.30. The van der Waals surface area contributed by atoms with Crippen LogP contribution in [0.5, 0.6) is 5.88 Å². The fraction of sp³-hybridized carbons (Fsp3) is 0.348. The fourth-order valence-corrected chi connectivity index (χ4v) is 3.81. The summed E-state index contributed by atoms with van der Waals surface area (Å²) >= 11 is 0. The Morgan fingerprint density at radius 2 is 1.88 bits per heavy atom. The summed E-state index contributed by atoms with van der Waals surface area (Å²) in [5.74, 6) is 0.211. The summed E-state index contributed by atoms with van der Waals surface area (Å²) < 4.78 is 44.2. The summed E-state index contributed by atoms with van der Waals surface area (Å²) in [6.45, 7) is 4.22. The number of likely N-dealkylation sites (tertiary alicyclic amines) is 1. The number of aromatic nitrogens is 4. The number of nitrogens with zero attached hydrogens (tertiary/aromatic N) is 5. The van der Waals surface area contributed by atoms with E-state index in [4.69, 9.17) is 4.74 Å². The van der Waals surface area contributed by atoms with E-state index < -0.39 is 17.8 Å². The van der Waals surface area contributed by atoms with Crippen molar-refractivity contribution >= 4 is 5.91 Å². The first-order chi connectivity index (χ1) is 15.7. The number of hydrogen-bond donors (Lipinski definition) is 0. The summed E-state index contributed by atoms with van der Waals surface area (Å²) in [6.07, 6.45) is 1.99. The van der Waals surface area contributed by atoms with Gasteiger partial charge in [-0.15, -0.1) is 0 Å². The third-order valence-electron chi connectivity index (χ3n) is 5.55. The van der Waals surface area contributed by atoms with Crippen LogP contribution < -0.4 is 4.74 Å². The van der Waals surface area contributed by atoms with Gasteiger partial charge in [-0.1, -0.05) is 0 Å². The molecule has 0 spiro atoms. The van der Waals surface area contributed by atoms with Crippen LogP contribution in [-0.2, 0) is 6.18 Å². The van der Waals surface area contributed by atoms with E-state index in [0.29, 0.717) is 30.8 Å². The van der Waals surface area contributed by atoms with Crippen LogP contribution in [0.15, 0.2) is 49.1 Å². The minimum atomic E-state index is -4.46. The van der Waals surface area contributed by atoms with Gasteiger partial charge in [-0.2, -0.15) is 13.2 Å². The maximum Gasteiger partial charge on any atom is 0.417 e. The Bertz CT molecular complexity index is 1120. The van der Waals surface area contributed by atoms with Crippen LogP contribution in [0.3, 0.4) is 0 Å². The summed E-state index contributed by atoms with van der Waals surface area (Å²) in [6, 6.07) is 5.30. The molecule has 0 aliphatic carbocycles. The van der Waals surface area contributed by atoms with Gasteiger partial charge in [-0.05, 0) is 50.5 Å². The Hall–Kier alpha value is -3.56. The van der Waals surface area contributed by atoms with Gasteiger partial charge in [0.05, 0.1) is 17.2 Å². The molecule has 2 atom stereocenters. The van der Waals surface area contributed by atoms with Crippen LogP contribution in [0.1, 0.15) is 41.4 Å². The lowest BCUT2D eigenvalue weighted by Crippen LogP contribution is -2.51. The SMILES string of the molecule is Cc1cnc(C(=O)N2CCCC(Oc3ccc(C(F)(F)F)cn3)C2C)c(-c2ncccn2)c1. The first kappa shape index (κ1) is 22.6. The topological polar surface area (TPSA) is 81.1 Å². The average molecular weight is 457 g/mol. The quantitative estimate of drug-likeness (QED) is 0.580. The van der Waals surface area contributed by atoms with Crippen molar-refractivity contribution in [2.75, 3.05) is 6.54 Å². The summed E-state index contributed by atoms with van der Waals surface area (Å²) in [5.41, 5.74) is 0.812. The lowest BCUT2D eigenvalue weighted by Gasteiger charge is -2.39. The number of rotatable bonds is 4. The number of ether oxygens (including phenoxy) is 1. The number of alkyl halides is 3. The van der Waals surface area contributed by atoms with Crippen LogP contribution in [0.25, 0.3) is 11.4 Å². The van der Waals surface area contributed by atoms with Crippen molar-refractivity contribution in [2.45, 2.75) is 45.0 Å². The molecule has 2 unspecified atom stereocenters. The van der Waals surface area contributed by atoms with Gasteiger partial charge in [-0.25, -0.2) is 15.0 Å². The Kier molecular flexibility index (Phi) is 6.26. The Labute approximate surface area is 188 Å². The zero-order valence-corrected chi connectivity index (χ0v) is 18.1. The van der Waals surface area contributed by atoms with E-state index in [-0.39, 0.29) is 23.5 Å². The second-order valence-electron chi connectivity index (χ2n) is 7.90. The lowest BCUT2D eigenvalue weighted by atomic mass is 9.98. The molecule has 0 saturated carbocycles. The third-order valence-corrected chi connectivity index (χ3v) is 5.55. The number of carbonyl (C=O) groups is 1. The smallest absolute Gasteiger partial charge is 0.417 e. The maximum absolute atomic E-state index is 13.5. The molecule has 33 heavy (non-hydrogen) atoms. The monoisotopic (exact) mass is 457 g/mol. The molecule has 1 fully saturated rings. The molecule has 0 aromatic carbocycles. The van der Waals surface area contributed by atoms with Crippen molar-refractivity contribution in [3.05, 3.63) is 65.9 Å². The second-order valence-corrected chi connectivity index (χ2v) is 7.90. The van der Waals surface area contributed by atoms with E-state index in [9.17, 15) is 18.0 Å². The Balaban J connectivity index is 1.55. The highest BCUT2D eigenvalue weighted by molar-refractivity contribution is 5.98. The van der Waals surface area contributed by atoms with Gasteiger partial charge in [0, 0.05) is 37.4 Å². The zero-order chi connectivity index (χ0) is 23.6. The molecule has 3 aromatic rings. The molecule has 0 radical (unpaired) electrons. The molecular weight excluding hydrogens is 435 g/mol. The Morgan fingerprint density at radius 3 is 2.55 bits per heavy atom. The highest BCUT2D eigenvalue weighted by atomic mass is 19.4. The van der Waals surface area contributed by atoms with E-state index in [2.05, 4.69) is 19.9 Å². The van der Waals surface area contributed by atoms with Gasteiger partial charge in [0.15, 0.2) is 5.82 Å². The maximum atomic E-state index is 13.5. The molecule has 1 aliphatic heterocycles. The summed E-state index contributed by atoms with van der Waals surface area (Å²) in [7, 11) is 0.